The Morgan fingerprint density at radius 2 is 1.95 bits per heavy atom. The summed E-state index contributed by atoms with van der Waals surface area (Å²) in [7, 11) is 1.65. The highest BCUT2D eigenvalue weighted by Gasteiger charge is 2.22. The molecule has 22 heavy (non-hydrogen) atoms. The number of piperazine rings is 1. The van der Waals surface area contributed by atoms with E-state index in [1.807, 2.05) is 17.0 Å². The summed E-state index contributed by atoms with van der Waals surface area (Å²) >= 11 is 0. The van der Waals surface area contributed by atoms with Gasteiger partial charge in [0, 0.05) is 45.5 Å². The van der Waals surface area contributed by atoms with Crippen LogP contribution in [0.4, 0.5) is 0 Å². The molecular weight excluding hydrogens is 282 g/mol. The van der Waals surface area contributed by atoms with Crippen molar-refractivity contribution in [2.45, 2.75) is 6.54 Å². The van der Waals surface area contributed by atoms with Crippen LogP contribution in [0.2, 0.25) is 0 Å². The number of carbonyl (C=O) groups is 1. The lowest BCUT2D eigenvalue weighted by molar-refractivity contribution is 0.0619. The monoisotopic (exact) mass is 301 g/mol. The predicted octanol–water partition coefficient (Wildman–Crippen LogP) is 0.936. The van der Waals surface area contributed by atoms with Gasteiger partial charge in [-0.1, -0.05) is 0 Å². The average molecular weight is 301 g/mol. The fourth-order valence-electron chi connectivity index (χ4n) is 2.64. The molecule has 0 atom stereocenters. The predicted molar refractivity (Wildman–Crippen MR) is 81.6 cm³/mol. The Bertz CT molecular complexity index is 698. The van der Waals surface area contributed by atoms with Crippen molar-refractivity contribution in [3.8, 4) is 0 Å². The molecule has 0 aromatic carbocycles. The molecule has 3 heterocycles. The molecule has 2 aromatic rings. The van der Waals surface area contributed by atoms with E-state index in [9.17, 15) is 9.59 Å². The van der Waals surface area contributed by atoms with Crippen molar-refractivity contribution in [3.63, 3.8) is 0 Å². The van der Waals surface area contributed by atoms with Gasteiger partial charge in [-0.05, 0) is 18.2 Å². The van der Waals surface area contributed by atoms with Crippen molar-refractivity contribution < 1.29 is 9.21 Å². The van der Waals surface area contributed by atoms with Crippen LogP contribution in [0.3, 0.4) is 0 Å². The van der Waals surface area contributed by atoms with Gasteiger partial charge < -0.3 is 13.9 Å². The zero-order chi connectivity index (χ0) is 15.5. The first kappa shape index (κ1) is 14.6. The Labute approximate surface area is 128 Å². The van der Waals surface area contributed by atoms with E-state index in [0.717, 1.165) is 25.4 Å². The molecule has 0 saturated carbocycles. The van der Waals surface area contributed by atoms with Gasteiger partial charge in [0.15, 0.2) is 0 Å². The normalized spacial score (nSPS) is 16.0. The van der Waals surface area contributed by atoms with Crippen LogP contribution in [-0.4, -0.2) is 46.5 Å². The summed E-state index contributed by atoms with van der Waals surface area (Å²) in [5, 5.41) is 0. The van der Waals surface area contributed by atoms with Crippen LogP contribution in [0.1, 0.15) is 16.1 Å². The Balaban J connectivity index is 1.59. The van der Waals surface area contributed by atoms with Crippen LogP contribution in [0.15, 0.2) is 45.9 Å². The minimum Gasteiger partial charge on any atom is -0.468 e. The minimum absolute atomic E-state index is 0.0201. The summed E-state index contributed by atoms with van der Waals surface area (Å²) in [6.07, 6.45) is 3.27. The molecule has 1 amide bonds. The molecule has 1 saturated heterocycles. The lowest BCUT2D eigenvalue weighted by atomic mass is 10.2. The zero-order valence-electron chi connectivity index (χ0n) is 12.6. The fourth-order valence-corrected chi connectivity index (χ4v) is 2.64. The first-order valence-electron chi connectivity index (χ1n) is 7.34. The molecular formula is C16H19N3O3. The lowest BCUT2D eigenvalue weighted by Crippen LogP contribution is -2.48. The van der Waals surface area contributed by atoms with E-state index >= 15 is 0 Å². The topological polar surface area (TPSA) is 58.7 Å². The van der Waals surface area contributed by atoms with E-state index < -0.39 is 0 Å². The van der Waals surface area contributed by atoms with Gasteiger partial charge in [0.2, 0.25) is 5.56 Å². The van der Waals surface area contributed by atoms with Crippen molar-refractivity contribution >= 4 is 5.91 Å². The maximum Gasteiger partial charge on any atom is 0.255 e. The van der Waals surface area contributed by atoms with Crippen molar-refractivity contribution in [1.82, 2.24) is 14.4 Å². The van der Waals surface area contributed by atoms with E-state index in [1.54, 1.807) is 25.6 Å². The van der Waals surface area contributed by atoms with Gasteiger partial charge in [0.1, 0.15) is 5.76 Å². The SMILES string of the molecule is Cn1cc(C(=O)N2CCN(Cc3ccco3)CC2)ccc1=O. The summed E-state index contributed by atoms with van der Waals surface area (Å²) in [5.41, 5.74) is 0.446. The van der Waals surface area contributed by atoms with E-state index in [2.05, 4.69) is 4.90 Å². The number of rotatable bonds is 3. The lowest BCUT2D eigenvalue weighted by Gasteiger charge is -2.34. The van der Waals surface area contributed by atoms with Crippen LogP contribution < -0.4 is 5.56 Å². The quantitative estimate of drug-likeness (QED) is 0.846. The Hall–Kier alpha value is -2.34. The van der Waals surface area contributed by atoms with E-state index in [0.29, 0.717) is 18.7 Å². The maximum absolute atomic E-state index is 12.5. The standard InChI is InChI=1S/C16H19N3O3/c1-17-11-13(4-5-15(17)20)16(21)19-8-6-18(7-9-19)12-14-3-2-10-22-14/h2-5,10-11H,6-9,12H2,1H3. The molecule has 0 radical (unpaired) electrons. The number of pyridine rings is 1. The third-order valence-corrected chi connectivity index (χ3v) is 3.95. The van der Waals surface area contributed by atoms with Gasteiger partial charge in [-0.25, -0.2) is 0 Å². The molecule has 3 rings (SSSR count). The minimum atomic E-state index is -0.111. The van der Waals surface area contributed by atoms with Crippen molar-refractivity contribution in [1.29, 1.82) is 0 Å². The van der Waals surface area contributed by atoms with Gasteiger partial charge in [0.05, 0.1) is 18.4 Å². The van der Waals surface area contributed by atoms with E-state index in [4.69, 9.17) is 4.42 Å². The van der Waals surface area contributed by atoms with Crippen LogP contribution >= 0.6 is 0 Å². The highest BCUT2D eigenvalue weighted by Crippen LogP contribution is 2.11. The number of furan rings is 1. The molecule has 0 unspecified atom stereocenters. The van der Waals surface area contributed by atoms with Crippen LogP contribution in [-0.2, 0) is 13.6 Å². The summed E-state index contributed by atoms with van der Waals surface area (Å²) in [5.74, 6) is 0.922. The van der Waals surface area contributed by atoms with Crippen LogP contribution in [0.5, 0.6) is 0 Å². The van der Waals surface area contributed by atoms with Crippen molar-refractivity contribution in [2.24, 2.45) is 7.05 Å². The molecule has 1 fully saturated rings. The van der Waals surface area contributed by atoms with E-state index in [-0.39, 0.29) is 11.5 Å². The number of nitrogens with zero attached hydrogens (tertiary/aromatic N) is 3. The molecule has 6 heteroatoms. The summed E-state index contributed by atoms with van der Waals surface area (Å²) in [6.45, 7) is 3.77. The number of aromatic nitrogens is 1. The third-order valence-electron chi connectivity index (χ3n) is 3.95. The van der Waals surface area contributed by atoms with Gasteiger partial charge >= 0.3 is 0 Å². The molecule has 0 aliphatic carbocycles. The molecule has 0 bridgehead atoms. The van der Waals surface area contributed by atoms with Gasteiger partial charge in [0.25, 0.3) is 5.91 Å². The first-order chi connectivity index (χ1) is 10.6. The smallest absolute Gasteiger partial charge is 0.255 e. The number of carbonyl (C=O) groups excluding carboxylic acids is 1. The third kappa shape index (κ3) is 3.12. The Kier molecular flexibility index (Phi) is 4.11. The average Bonchev–Trinajstić information content (AvgIpc) is 3.03. The maximum atomic E-state index is 12.5. The summed E-state index contributed by atoms with van der Waals surface area (Å²) in [4.78, 5) is 27.9. The second kappa shape index (κ2) is 6.19. The molecule has 0 N–H and O–H groups in total. The second-order valence-corrected chi connectivity index (χ2v) is 5.51. The largest absolute Gasteiger partial charge is 0.468 e. The zero-order valence-corrected chi connectivity index (χ0v) is 12.6. The van der Waals surface area contributed by atoms with E-state index in [1.165, 1.54) is 10.6 Å². The summed E-state index contributed by atoms with van der Waals surface area (Å²) in [6, 6.07) is 6.87. The first-order valence-corrected chi connectivity index (χ1v) is 7.34. The van der Waals surface area contributed by atoms with Crippen molar-refractivity contribution in [3.05, 3.63) is 58.4 Å². The number of hydrogen-bond acceptors (Lipinski definition) is 4. The highest BCUT2D eigenvalue weighted by atomic mass is 16.3. The van der Waals surface area contributed by atoms with Gasteiger partial charge in [-0.15, -0.1) is 0 Å². The molecule has 116 valence electrons. The number of amides is 1. The molecule has 1 aliphatic rings. The fraction of sp³-hybridized carbons (Fsp3) is 0.375. The van der Waals surface area contributed by atoms with Gasteiger partial charge in [-0.3, -0.25) is 14.5 Å². The van der Waals surface area contributed by atoms with Crippen LogP contribution in [0, 0.1) is 0 Å². The molecule has 2 aromatic heterocycles. The van der Waals surface area contributed by atoms with Crippen LogP contribution in [0.25, 0.3) is 0 Å². The molecule has 1 aliphatic heterocycles. The molecule has 0 spiro atoms. The Morgan fingerprint density at radius 3 is 2.59 bits per heavy atom. The second-order valence-electron chi connectivity index (χ2n) is 5.51. The van der Waals surface area contributed by atoms with Crippen molar-refractivity contribution in [2.75, 3.05) is 26.2 Å². The highest BCUT2D eigenvalue weighted by molar-refractivity contribution is 5.94. The summed E-state index contributed by atoms with van der Waals surface area (Å²) < 4.78 is 6.78. The number of hydrogen-bond donors (Lipinski definition) is 0. The number of aryl methyl sites for hydroxylation is 1. The molecule has 6 nitrogen and oxygen atoms in total. The van der Waals surface area contributed by atoms with Gasteiger partial charge in [-0.2, -0.15) is 0 Å². The Morgan fingerprint density at radius 1 is 1.18 bits per heavy atom.